The number of nitrogens with zero attached hydrogens (tertiary/aromatic N) is 3. The Morgan fingerprint density at radius 3 is 2.50 bits per heavy atom. The summed E-state index contributed by atoms with van der Waals surface area (Å²) in [6.07, 6.45) is 0. The molecule has 0 amide bonds. The SMILES string of the molecule is CN=C(NCc1ccc(Cl)cc1)NCC1CN2CCN1CC2. The Labute approximate surface area is 137 Å². The molecule has 1 aromatic rings. The molecule has 3 saturated heterocycles. The Kier molecular flexibility index (Phi) is 5.18. The maximum Gasteiger partial charge on any atom is 0.191 e. The molecule has 2 bridgehead atoms. The van der Waals surface area contributed by atoms with Gasteiger partial charge in [0.15, 0.2) is 5.96 Å². The molecule has 0 aliphatic carbocycles. The summed E-state index contributed by atoms with van der Waals surface area (Å²) in [5, 5.41) is 7.57. The van der Waals surface area contributed by atoms with Crippen LogP contribution in [-0.2, 0) is 6.54 Å². The van der Waals surface area contributed by atoms with Crippen molar-refractivity contribution < 1.29 is 0 Å². The van der Waals surface area contributed by atoms with E-state index in [2.05, 4.69) is 25.4 Å². The Bertz CT molecular complexity index is 508. The van der Waals surface area contributed by atoms with Crippen LogP contribution in [0.2, 0.25) is 5.02 Å². The molecule has 1 aromatic carbocycles. The molecule has 2 N–H and O–H groups in total. The van der Waals surface area contributed by atoms with E-state index >= 15 is 0 Å². The number of halogens is 1. The second-order valence-electron chi connectivity index (χ2n) is 5.92. The standard InChI is InChI=1S/C16H24ClN5/c1-18-16(19-10-13-2-4-14(17)5-3-13)20-11-15-12-21-6-8-22(15)9-7-21/h2-5,15H,6-12H2,1H3,(H2,18,19,20). The average Bonchev–Trinajstić information content (AvgIpc) is 2.58. The first-order valence-corrected chi connectivity index (χ1v) is 8.28. The summed E-state index contributed by atoms with van der Waals surface area (Å²) in [4.78, 5) is 9.44. The fourth-order valence-electron chi connectivity index (χ4n) is 3.14. The number of piperazine rings is 3. The lowest BCUT2D eigenvalue weighted by Gasteiger charge is -2.47. The molecule has 3 aliphatic heterocycles. The number of hydrogen-bond donors (Lipinski definition) is 2. The van der Waals surface area contributed by atoms with Crippen LogP contribution in [0, 0.1) is 0 Å². The number of benzene rings is 1. The third-order valence-corrected chi connectivity index (χ3v) is 4.75. The number of nitrogens with one attached hydrogen (secondary N) is 2. The van der Waals surface area contributed by atoms with E-state index in [1.807, 2.05) is 31.3 Å². The highest BCUT2D eigenvalue weighted by molar-refractivity contribution is 6.30. The molecule has 1 unspecified atom stereocenters. The van der Waals surface area contributed by atoms with E-state index in [0.29, 0.717) is 6.04 Å². The second-order valence-corrected chi connectivity index (χ2v) is 6.36. The van der Waals surface area contributed by atoms with E-state index in [1.54, 1.807) is 0 Å². The fourth-order valence-corrected chi connectivity index (χ4v) is 3.27. The predicted molar refractivity (Wildman–Crippen MR) is 91.5 cm³/mol. The van der Waals surface area contributed by atoms with E-state index in [9.17, 15) is 0 Å². The zero-order valence-corrected chi connectivity index (χ0v) is 13.8. The number of guanidine groups is 1. The van der Waals surface area contributed by atoms with E-state index in [4.69, 9.17) is 11.6 Å². The van der Waals surface area contributed by atoms with Gasteiger partial charge in [-0.2, -0.15) is 0 Å². The summed E-state index contributed by atoms with van der Waals surface area (Å²) >= 11 is 5.90. The van der Waals surface area contributed by atoms with Gasteiger partial charge in [0.1, 0.15) is 0 Å². The number of aliphatic imine (C=N–C) groups is 1. The third kappa shape index (κ3) is 3.91. The van der Waals surface area contributed by atoms with Crippen molar-refractivity contribution in [3.8, 4) is 0 Å². The zero-order valence-electron chi connectivity index (χ0n) is 13.1. The summed E-state index contributed by atoms with van der Waals surface area (Å²) in [6, 6.07) is 8.48. The lowest BCUT2D eigenvalue weighted by atomic mass is 10.1. The summed E-state index contributed by atoms with van der Waals surface area (Å²) in [6.45, 7) is 7.70. The van der Waals surface area contributed by atoms with Gasteiger partial charge in [-0.05, 0) is 17.7 Å². The molecule has 0 aromatic heterocycles. The van der Waals surface area contributed by atoms with Crippen molar-refractivity contribution in [3.05, 3.63) is 34.9 Å². The van der Waals surface area contributed by atoms with Crippen molar-refractivity contribution in [2.45, 2.75) is 12.6 Å². The molecule has 120 valence electrons. The molecule has 22 heavy (non-hydrogen) atoms. The van der Waals surface area contributed by atoms with E-state index < -0.39 is 0 Å². The topological polar surface area (TPSA) is 42.9 Å². The van der Waals surface area contributed by atoms with Gasteiger partial charge in [-0.1, -0.05) is 23.7 Å². The highest BCUT2D eigenvalue weighted by Gasteiger charge is 2.31. The van der Waals surface area contributed by atoms with Crippen LogP contribution < -0.4 is 10.6 Å². The summed E-state index contributed by atoms with van der Waals surface area (Å²) in [7, 11) is 1.81. The van der Waals surface area contributed by atoms with E-state index in [0.717, 1.165) is 24.1 Å². The minimum absolute atomic E-state index is 0.594. The molecular formula is C16H24ClN5. The monoisotopic (exact) mass is 321 g/mol. The highest BCUT2D eigenvalue weighted by atomic mass is 35.5. The molecule has 5 nitrogen and oxygen atoms in total. The quantitative estimate of drug-likeness (QED) is 0.641. The van der Waals surface area contributed by atoms with Gasteiger partial charge in [-0.3, -0.25) is 14.8 Å². The summed E-state index contributed by atoms with van der Waals surface area (Å²) < 4.78 is 0. The van der Waals surface area contributed by atoms with Crippen LogP contribution >= 0.6 is 11.6 Å². The molecule has 0 saturated carbocycles. The number of rotatable bonds is 4. The normalized spacial score (nSPS) is 27.7. The Morgan fingerprint density at radius 2 is 1.91 bits per heavy atom. The maximum absolute atomic E-state index is 5.90. The predicted octanol–water partition coefficient (Wildman–Crippen LogP) is 1.00. The fraction of sp³-hybridized carbons (Fsp3) is 0.562. The first-order chi connectivity index (χ1) is 10.7. The van der Waals surface area contributed by atoms with Crippen molar-refractivity contribution in [3.63, 3.8) is 0 Å². The van der Waals surface area contributed by atoms with Crippen LogP contribution in [0.25, 0.3) is 0 Å². The minimum atomic E-state index is 0.594. The van der Waals surface area contributed by atoms with Crippen LogP contribution in [0.15, 0.2) is 29.3 Å². The lowest BCUT2D eigenvalue weighted by molar-refractivity contribution is 0.0154. The van der Waals surface area contributed by atoms with Crippen molar-refractivity contribution in [2.24, 2.45) is 4.99 Å². The molecule has 3 heterocycles. The largest absolute Gasteiger partial charge is 0.355 e. The molecule has 1 atom stereocenters. The van der Waals surface area contributed by atoms with E-state index in [-0.39, 0.29) is 0 Å². The Morgan fingerprint density at radius 1 is 1.18 bits per heavy atom. The molecular weight excluding hydrogens is 298 g/mol. The zero-order chi connectivity index (χ0) is 15.4. The van der Waals surface area contributed by atoms with Crippen LogP contribution in [0.4, 0.5) is 0 Å². The summed E-state index contributed by atoms with van der Waals surface area (Å²) in [5.41, 5.74) is 1.19. The van der Waals surface area contributed by atoms with Gasteiger partial charge in [0.2, 0.25) is 0 Å². The van der Waals surface area contributed by atoms with Gasteiger partial charge in [-0.15, -0.1) is 0 Å². The second kappa shape index (κ2) is 7.31. The lowest BCUT2D eigenvalue weighted by Crippen LogP contribution is -2.63. The first-order valence-electron chi connectivity index (χ1n) is 7.90. The smallest absolute Gasteiger partial charge is 0.191 e. The Balaban J connectivity index is 1.45. The van der Waals surface area contributed by atoms with Crippen molar-refractivity contribution in [1.82, 2.24) is 20.4 Å². The van der Waals surface area contributed by atoms with Gasteiger partial charge in [0.25, 0.3) is 0 Å². The minimum Gasteiger partial charge on any atom is -0.355 e. The van der Waals surface area contributed by atoms with Crippen molar-refractivity contribution in [1.29, 1.82) is 0 Å². The average molecular weight is 322 g/mol. The molecule has 0 radical (unpaired) electrons. The van der Waals surface area contributed by atoms with Crippen LogP contribution in [0.5, 0.6) is 0 Å². The molecule has 6 heteroatoms. The maximum atomic E-state index is 5.90. The van der Waals surface area contributed by atoms with Gasteiger partial charge in [0.05, 0.1) is 0 Å². The van der Waals surface area contributed by atoms with Crippen molar-refractivity contribution in [2.75, 3.05) is 46.3 Å². The molecule has 3 aliphatic rings. The van der Waals surface area contributed by atoms with Crippen LogP contribution in [-0.4, -0.2) is 68.1 Å². The summed E-state index contributed by atoms with van der Waals surface area (Å²) in [5.74, 6) is 0.854. The van der Waals surface area contributed by atoms with Crippen molar-refractivity contribution >= 4 is 17.6 Å². The molecule has 0 spiro atoms. The third-order valence-electron chi connectivity index (χ3n) is 4.49. The molecule has 3 fully saturated rings. The number of fused-ring (bicyclic) bond motifs is 3. The van der Waals surface area contributed by atoms with Gasteiger partial charge < -0.3 is 10.6 Å². The van der Waals surface area contributed by atoms with Crippen LogP contribution in [0.3, 0.4) is 0 Å². The highest BCUT2D eigenvalue weighted by Crippen LogP contribution is 2.14. The van der Waals surface area contributed by atoms with Gasteiger partial charge in [-0.25, -0.2) is 0 Å². The van der Waals surface area contributed by atoms with Gasteiger partial charge in [0, 0.05) is 63.9 Å². The Hall–Kier alpha value is -1.30. The van der Waals surface area contributed by atoms with Crippen LogP contribution in [0.1, 0.15) is 5.56 Å². The van der Waals surface area contributed by atoms with Gasteiger partial charge >= 0.3 is 0 Å². The molecule has 4 rings (SSSR count). The van der Waals surface area contributed by atoms with E-state index in [1.165, 1.54) is 38.3 Å². The number of hydrogen-bond acceptors (Lipinski definition) is 3. The first kappa shape index (κ1) is 15.6.